The number of fused-ring (bicyclic) bond motifs is 2. The molecule has 0 heterocycles. The van der Waals surface area contributed by atoms with E-state index in [2.05, 4.69) is 33.9 Å². The van der Waals surface area contributed by atoms with Crippen LogP contribution in [0.5, 0.6) is 0 Å². The summed E-state index contributed by atoms with van der Waals surface area (Å²) in [6.45, 7) is 14.5. The Morgan fingerprint density at radius 3 is 2.19 bits per heavy atom. The van der Waals surface area contributed by atoms with Crippen LogP contribution in [0.4, 0.5) is 0 Å². The SMILES string of the molecule is C=C.CC(=O)OC1CC2CCC1(C)C2(C)C. The van der Waals surface area contributed by atoms with Gasteiger partial charge in [-0.25, -0.2) is 0 Å². The highest BCUT2D eigenvalue weighted by Gasteiger charge is 2.62. The van der Waals surface area contributed by atoms with Gasteiger partial charge in [0.25, 0.3) is 0 Å². The lowest BCUT2D eigenvalue weighted by Crippen LogP contribution is -2.37. The summed E-state index contributed by atoms with van der Waals surface area (Å²) in [5, 5.41) is 0. The van der Waals surface area contributed by atoms with Gasteiger partial charge < -0.3 is 4.74 Å². The van der Waals surface area contributed by atoms with Crippen LogP contribution >= 0.6 is 0 Å². The highest BCUT2D eigenvalue weighted by Crippen LogP contribution is 2.66. The Kier molecular flexibility index (Phi) is 3.51. The molecule has 2 bridgehead atoms. The fraction of sp³-hybridized carbons (Fsp3) is 0.786. The molecular formula is C14H24O2. The lowest BCUT2D eigenvalue weighted by Gasteiger charge is -2.38. The molecule has 3 atom stereocenters. The number of rotatable bonds is 1. The number of hydrogen-bond acceptors (Lipinski definition) is 2. The van der Waals surface area contributed by atoms with Crippen LogP contribution in [0.3, 0.4) is 0 Å². The van der Waals surface area contributed by atoms with Crippen molar-refractivity contribution in [1.82, 2.24) is 0 Å². The van der Waals surface area contributed by atoms with E-state index in [1.165, 1.54) is 19.8 Å². The topological polar surface area (TPSA) is 26.3 Å². The molecule has 2 heteroatoms. The maximum atomic E-state index is 11.0. The van der Waals surface area contributed by atoms with Crippen molar-refractivity contribution in [3.05, 3.63) is 13.2 Å². The first kappa shape index (κ1) is 13.3. The Hall–Kier alpha value is -0.790. The molecule has 2 nitrogen and oxygen atoms in total. The van der Waals surface area contributed by atoms with E-state index >= 15 is 0 Å². The van der Waals surface area contributed by atoms with Gasteiger partial charge in [-0.3, -0.25) is 4.79 Å². The summed E-state index contributed by atoms with van der Waals surface area (Å²) >= 11 is 0. The lowest BCUT2D eigenvalue weighted by molar-refractivity contribution is -0.154. The van der Waals surface area contributed by atoms with Crippen molar-refractivity contribution < 1.29 is 9.53 Å². The molecule has 2 rings (SSSR count). The summed E-state index contributed by atoms with van der Waals surface area (Å²) in [6.07, 6.45) is 3.75. The Bertz CT molecular complexity index is 282. The van der Waals surface area contributed by atoms with Gasteiger partial charge in [-0.1, -0.05) is 20.8 Å². The van der Waals surface area contributed by atoms with E-state index in [-0.39, 0.29) is 17.5 Å². The standard InChI is InChI=1S/C12H20O2.C2H4/c1-8(13)14-10-7-9-5-6-12(10,4)11(9,2)3;1-2/h9-10H,5-7H2,1-4H3;1-2H2. The minimum Gasteiger partial charge on any atom is -0.462 e. The zero-order chi connectivity index (χ0) is 12.6. The van der Waals surface area contributed by atoms with E-state index in [0.29, 0.717) is 5.41 Å². The Labute approximate surface area is 99.1 Å². The maximum absolute atomic E-state index is 11.0. The van der Waals surface area contributed by atoms with E-state index in [4.69, 9.17) is 4.74 Å². The van der Waals surface area contributed by atoms with E-state index < -0.39 is 0 Å². The number of carbonyl (C=O) groups excluding carboxylic acids is 1. The molecule has 0 aromatic carbocycles. The highest BCUT2D eigenvalue weighted by molar-refractivity contribution is 5.66. The molecule has 0 N–H and O–H groups in total. The zero-order valence-electron chi connectivity index (χ0n) is 11.0. The molecule has 0 aromatic rings. The second-order valence-electron chi connectivity index (χ2n) is 5.71. The lowest BCUT2D eigenvalue weighted by atomic mass is 9.70. The molecule has 2 aliphatic carbocycles. The average molecular weight is 224 g/mol. The van der Waals surface area contributed by atoms with E-state index in [9.17, 15) is 4.79 Å². The van der Waals surface area contributed by atoms with Crippen LogP contribution in [0, 0.1) is 16.7 Å². The van der Waals surface area contributed by atoms with Crippen molar-refractivity contribution in [2.24, 2.45) is 16.7 Å². The molecule has 92 valence electrons. The molecule has 2 aliphatic rings. The Morgan fingerprint density at radius 1 is 1.31 bits per heavy atom. The van der Waals surface area contributed by atoms with Gasteiger partial charge in [0.15, 0.2) is 0 Å². The number of carbonyl (C=O) groups is 1. The first-order valence-corrected chi connectivity index (χ1v) is 6.05. The van der Waals surface area contributed by atoms with Crippen LogP contribution in [-0.4, -0.2) is 12.1 Å². The van der Waals surface area contributed by atoms with Crippen LogP contribution in [0.2, 0.25) is 0 Å². The van der Waals surface area contributed by atoms with Gasteiger partial charge >= 0.3 is 5.97 Å². The highest BCUT2D eigenvalue weighted by atomic mass is 16.5. The first-order valence-electron chi connectivity index (χ1n) is 6.05. The summed E-state index contributed by atoms with van der Waals surface area (Å²) in [6, 6.07) is 0. The Morgan fingerprint density at radius 2 is 1.88 bits per heavy atom. The van der Waals surface area contributed by atoms with Crippen molar-refractivity contribution in [3.8, 4) is 0 Å². The maximum Gasteiger partial charge on any atom is 0.302 e. The number of esters is 1. The van der Waals surface area contributed by atoms with Gasteiger partial charge in [0.1, 0.15) is 6.10 Å². The molecular weight excluding hydrogens is 200 g/mol. The second kappa shape index (κ2) is 4.23. The third-order valence-electron chi connectivity index (χ3n) is 5.02. The quantitative estimate of drug-likeness (QED) is 0.503. The van der Waals surface area contributed by atoms with Crippen molar-refractivity contribution in [2.45, 2.75) is 53.1 Å². The molecule has 0 radical (unpaired) electrons. The van der Waals surface area contributed by atoms with Crippen LogP contribution in [0.25, 0.3) is 0 Å². The summed E-state index contributed by atoms with van der Waals surface area (Å²) in [5.41, 5.74) is 0.552. The second-order valence-corrected chi connectivity index (χ2v) is 5.71. The van der Waals surface area contributed by atoms with Crippen LogP contribution < -0.4 is 0 Å². The molecule has 0 saturated heterocycles. The van der Waals surface area contributed by atoms with Crippen molar-refractivity contribution >= 4 is 5.97 Å². The third-order valence-corrected chi connectivity index (χ3v) is 5.02. The van der Waals surface area contributed by atoms with Crippen LogP contribution in [0.15, 0.2) is 13.2 Å². The van der Waals surface area contributed by atoms with Gasteiger partial charge in [-0.15, -0.1) is 13.2 Å². The summed E-state index contributed by atoms with van der Waals surface area (Å²) < 4.78 is 5.44. The van der Waals surface area contributed by atoms with Crippen molar-refractivity contribution in [1.29, 1.82) is 0 Å². The van der Waals surface area contributed by atoms with Gasteiger partial charge in [0.2, 0.25) is 0 Å². The number of hydrogen-bond donors (Lipinski definition) is 0. The van der Waals surface area contributed by atoms with E-state index in [1.54, 1.807) is 0 Å². The predicted molar refractivity (Wildman–Crippen MR) is 66.0 cm³/mol. The summed E-state index contributed by atoms with van der Waals surface area (Å²) in [4.78, 5) is 11.0. The normalized spacial score (nSPS) is 38.8. The fourth-order valence-corrected chi connectivity index (χ4v) is 3.51. The van der Waals surface area contributed by atoms with Crippen LogP contribution in [-0.2, 0) is 9.53 Å². The molecule has 3 unspecified atom stereocenters. The number of ether oxygens (including phenoxy) is 1. The molecule has 0 spiro atoms. The minimum atomic E-state index is -0.125. The van der Waals surface area contributed by atoms with Gasteiger partial charge in [0.05, 0.1) is 0 Å². The molecule has 0 aliphatic heterocycles. The minimum absolute atomic E-state index is 0.125. The first-order chi connectivity index (χ1) is 7.38. The fourth-order valence-electron chi connectivity index (χ4n) is 3.51. The van der Waals surface area contributed by atoms with Gasteiger partial charge in [-0.05, 0) is 30.6 Å². The van der Waals surface area contributed by atoms with Gasteiger partial charge in [-0.2, -0.15) is 0 Å². The Balaban J connectivity index is 0.000000606. The average Bonchev–Trinajstić information content (AvgIpc) is 2.53. The van der Waals surface area contributed by atoms with Crippen molar-refractivity contribution in [2.75, 3.05) is 0 Å². The van der Waals surface area contributed by atoms with E-state index in [1.807, 2.05) is 0 Å². The summed E-state index contributed by atoms with van der Waals surface area (Å²) in [7, 11) is 0. The monoisotopic (exact) mass is 224 g/mol. The zero-order valence-corrected chi connectivity index (χ0v) is 11.0. The van der Waals surface area contributed by atoms with Crippen LogP contribution in [0.1, 0.15) is 47.0 Å². The summed E-state index contributed by atoms with van der Waals surface area (Å²) in [5.74, 6) is 0.622. The predicted octanol–water partition coefficient (Wildman–Crippen LogP) is 3.57. The molecule has 2 fully saturated rings. The molecule has 0 aromatic heterocycles. The molecule has 2 saturated carbocycles. The molecule has 0 amide bonds. The van der Waals surface area contributed by atoms with Gasteiger partial charge in [0, 0.05) is 12.3 Å². The molecule has 16 heavy (non-hydrogen) atoms. The van der Waals surface area contributed by atoms with Crippen molar-refractivity contribution in [3.63, 3.8) is 0 Å². The smallest absolute Gasteiger partial charge is 0.302 e. The third kappa shape index (κ3) is 1.68. The largest absolute Gasteiger partial charge is 0.462 e. The van der Waals surface area contributed by atoms with E-state index in [0.717, 1.165) is 12.3 Å².